The van der Waals surface area contributed by atoms with Crippen molar-refractivity contribution in [3.8, 4) is 10.6 Å². The molecule has 0 bridgehead atoms. The molecule has 0 N–H and O–H groups in total. The van der Waals surface area contributed by atoms with Gasteiger partial charge in [0.05, 0.1) is 6.10 Å². The minimum atomic E-state index is 0.0891. The van der Waals surface area contributed by atoms with Crippen LogP contribution in [0.15, 0.2) is 24.3 Å². The minimum absolute atomic E-state index is 0.0891. The topological polar surface area (TPSA) is 38.2 Å². The van der Waals surface area contributed by atoms with Crippen LogP contribution in [0, 0.1) is 0 Å². The van der Waals surface area contributed by atoms with Crippen LogP contribution in [-0.4, -0.2) is 30.6 Å². The Labute approximate surface area is 111 Å². The van der Waals surface area contributed by atoms with Crippen molar-refractivity contribution in [2.45, 2.75) is 13.0 Å². The summed E-state index contributed by atoms with van der Waals surface area (Å²) in [6, 6.07) is 8.24. The number of aromatic nitrogens is 2. The fraction of sp³-hybridized carbons (Fsp3) is 0.385. The first-order valence-corrected chi connectivity index (χ1v) is 6.53. The Morgan fingerprint density at radius 1 is 1.33 bits per heavy atom. The maximum Gasteiger partial charge on any atom is 0.237 e. The molecule has 0 saturated heterocycles. The van der Waals surface area contributed by atoms with Gasteiger partial charge in [-0.1, -0.05) is 18.2 Å². The van der Waals surface area contributed by atoms with Crippen molar-refractivity contribution in [2.75, 3.05) is 26.1 Å². The number of hydrogen-bond donors (Lipinski definition) is 0. The molecule has 1 atom stereocenters. The molecule has 0 fully saturated rings. The second-order valence-corrected chi connectivity index (χ2v) is 5.05. The smallest absolute Gasteiger partial charge is 0.237 e. The summed E-state index contributed by atoms with van der Waals surface area (Å²) in [6.45, 7) is 2.03. The Balaban J connectivity index is 2.32. The summed E-state index contributed by atoms with van der Waals surface area (Å²) < 4.78 is 9.64. The van der Waals surface area contributed by atoms with E-state index in [2.05, 4.69) is 21.5 Å². The summed E-state index contributed by atoms with van der Waals surface area (Å²) in [7, 11) is 5.59. The standard InChI is InChI=1S/C13H17N3OS/c1-9(17-4)10-6-5-7-11(8-10)12-14-13(15-18-12)16(2)3/h5-9H,1-4H3/t9-/m0/s1. The quantitative estimate of drug-likeness (QED) is 0.850. The van der Waals surface area contributed by atoms with E-state index in [0.29, 0.717) is 0 Å². The minimum Gasteiger partial charge on any atom is -0.377 e. The summed E-state index contributed by atoms with van der Waals surface area (Å²) in [5, 5.41) is 0.934. The number of methoxy groups -OCH3 is 1. The lowest BCUT2D eigenvalue weighted by Gasteiger charge is -2.10. The lowest BCUT2D eigenvalue weighted by Crippen LogP contribution is -2.09. The van der Waals surface area contributed by atoms with Gasteiger partial charge in [-0.15, -0.1) is 0 Å². The number of rotatable bonds is 4. The zero-order valence-electron chi connectivity index (χ0n) is 11.0. The van der Waals surface area contributed by atoms with Gasteiger partial charge in [-0.2, -0.15) is 9.36 Å². The van der Waals surface area contributed by atoms with E-state index in [0.717, 1.165) is 22.1 Å². The van der Waals surface area contributed by atoms with E-state index in [1.54, 1.807) is 7.11 Å². The molecule has 1 heterocycles. The molecular weight excluding hydrogens is 246 g/mol. The molecule has 0 saturated carbocycles. The molecule has 0 amide bonds. The first-order valence-electron chi connectivity index (χ1n) is 5.76. The maximum absolute atomic E-state index is 5.33. The van der Waals surface area contributed by atoms with Gasteiger partial charge in [0.1, 0.15) is 5.01 Å². The van der Waals surface area contributed by atoms with Crippen molar-refractivity contribution in [1.29, 1.82) is 0 Å². The molecule has 2 aromatic rings. The molecule has 2 rings (SSSR count). The fourth-order valence-electron chi connectivity index (χ4n) is 1.58. The fourth-order valence-corrected chi connectivity index (χ4v) is 2.30. The van der Waals surface area contributed by atoms with Crippen molar-refractivity contribution in [3.63, 3.8) is 0 Å². The van der Waals surface area contributed by atoms with Crippen LogP contribution in [0.5, 0.6) is 0 Å². The number of nitrogens with zero attached hydrogens (tertiary/aromatic N) is 3. The van der Waals surface area contributed by atoms with Gasteiger partial charge in [-0.3, -0.25) is 0 Å². The van der Waals surface area contributed by atoms with Gasteiger partial charge in [0, 0.05) is 26.8 Å². The van der Waals surface area contributed by atoms with E-state index in [-0.39, 0.29) is 6.10 Å². The van der Waals surface area contributed by atoms with Crippen molar-refractivity contribution < 1.29 is 4.74 Å². The first kappa shape index (κ1) is 13.0. The molecule has 0 unspecified atom stereocenters. The van der Waals surface area contributed by atoms with E-state index in [4.69, 9.17) is 4.74 Å². The Morgan fingerprint density at radius 2 is 2.11 bits per heavy atom. The van der Waals surface area contributed by atoms with Gasteiger partial charge in [0.2, 0.25) is 5.95 Å². The molecule has 18 heavy (non-hydrogen) atoms. The van der Waals surface area contributed by atoms with Gasteiger partial charge in [0.15, 0.2) is 0 Å². The second kappa shape index (κ2) is 5.46. The summed E-state index contributed by atoms with van der Waals surface area (Å²) in [6.07, 6.45) is 0.0891. The number of anilines is 1. The Hall–Kier alpha value is -1.46. The summed E-state index contributed by atoms with van der Waals surface area (Å²) in [5.41, 5.74) is 2.23. The maximum atomic E-state index is 5.33. The highest BCUT2D eigenvalue weighted by molar-refractivity contribution is 7.09. The highest BCUT2D eigenvalue weighted by Crippen LogP contribution is 2.27. The van der Waals surface area contributed by atoms with Crippen LogP contribution in [0.1, 0.15) is 18.6 Å². The van der Waals surface area contributed by atoms with Crippen LogP contribution >= 0.6 is 11.5 Å². The molecule has 0 aliphatic carbocycles. The monoisotopic (exact) mass is 263 g/mol. The third kappa shape index (κ3) is 2.68. The molecule has 96 valence electrons. The average Bonchev–Trinajstić information content (AvgIpc) is 2.88. The van der Waals surface area contributed by atoms with Crippen LogP contribution in [0.25, 0.3) is 10.6 Å². The van der Waals surface area contributed by atoms with Crippen LogP contribution in [0.2, 0.25) is 0 Å². The Morgan fingerprint density at radius 3 is 2.72 bits per heavy atom. The molecule has 1 aromatic carbocycles. The Kier molecular flexibility index (Phi) is 3.93. The van der Waals surface area contributed by atoms with Gasteiger partial charge >= 0.3 is 0 Å². The van der Waals surface area contributed by atoms with E-state index in [1.807, 2.05) is 38.1 Å². The molecule has 4 nitrogen and oxygen atoms in total. The van der Waals surface area contributed by atoms with Crippen LogP contribution in [-0.2, 0) is 4.74 Å². The number of hydrogen-bond acceptors (Lipinski definition) is 5. The summed E-state index contributed by atoms with van der Waals surface area (Å²) in [4.78, 5) is 6.40. The second-order valence-electron chi connectivity index (χ2n) is 4.30. The normalized spacial score (nSPS) is 12.4. The van der Waals surface area contributed by atoms with E-state index >= 15 is 0 Å². The molecule has 0 radical (unpaired) electrons. The average molecular weight is 263 g/mol. The third-order valence-electron chi connectivity index (χ3n) is 2.77. The molecule has 5 heteroatoms. The predicted molar refractivity (Wildman–Crippen MR) is 75.1 cm³/mol. The van der Waals surface area contributed by atoms with Gasteiger partial charge in [0.25, 0.3) is 0 Å². The predicted octanol–water partition coefficient (Wildman–Crippen LogP) is 2.98. The molecule has 1 aromatic heterocycles. The third-order valence-corrected chi connectivity index (χ3v) is 3.53. The summed E-state index contributed by atoms with van der Waals surface area (Å²) >= 11 is 1.42. The number of ether oxygens (including phenoxy) is 1. The largest absolute Gasteiger partial charge is 0.377 e. The Bertz CT molecular complexity index is 524. The number of benzene rings is 1. The van der Waals surface area contributed by atoms with Gasteiger partial charge in [-0.25, -0.2) is 0 Å². The van der Waals surface area contributed by atoms with E-state index in [1.165, 1.54) is 11.5 Å². The van der Waals surface area contributed by atoms with Gasteiger partial charge in [-0.05, 0) is 30.1 Å². The van der Waals surface area contributed by atoms with Crippen LogP contribution < -0.4 is 4.90 Å². The highest BCUT2D eigenvalue weighted by Gasteiger charge is 2.10. The van der Waals surface area contributed by atoms with Crippen molar-refractivity contribution >= 4 is 17.5 Å². The summed E-state index contributed by atoms with van der Waals surface area (Å²) in [5.74, 6) is 0.750. The van der Waals surface area contributed by atoms with Crippen LogP contribution in [0.3, 0.4) is 0 Å². The van der Waals surface area contributed by atoms with Crippen molar-refractivity contribution in [1.82, 2.24) is 9.36 Å². The first-order chi connectivity index (χ1) is 8.61. The molecule has 0 aliphatic heterocycles. The van der Waals surface area contributed by atoms with E-state index in [9.17, 15) is 0 Å². The lowest BCUT2D eigenvalue weighted by molar-refractivity contribution is 0.119. The zero-order chi connectivity index (χ0) is 13.1. The van der Waals surface area contributed by atoms with Crippen LogP contribution in [0.4, 0.5) is 5.95 Å². The molecule has 0 spiro atoms. The highest BCUT2D eigenvalue weighted by atomic mass is 32.1. The van der Waals surface area contributed by atoms with Crippen molar-refractivity contribution in [3.05, 3.63) is 29.8 Å². The SMILES string of the molecule is CO[C@@H](C)c1cccc(-c2nc(N(C)C)ns2)c1. The lowest BCUT2D eigenvalue weighted by atomic mass is 10.1. The van der Waals surface area contributed by atoms with E-state index < -0.39 is 0 Å². The van der Waals surface area contributed by atoms with Gasteiger partial charge < -0.3 is 9.64 Å². The van der Waals surface area contributed by atoms with Crippen molar-refractivity contribution in [2.24, 2.45) is 0 Å². The zero-order valence-corrected chi connectivity index (χ0v) is 11.9. The molecule has 0 aliphatic rings. The molecular formula is C13H17N3OS.